The maximum Gasteiger partial charge on any atom is 0.387 e. The molecule has 0 saturated carbocycles. The first-order valence-corrected chi connectivity index (χ1v) is 5.66. The second-order valence-electron chi connectivity index (χ2n) is 3.30. The number of hydrogen-bond acceptors (Lipinski definition) is 4. The Morgan fingerprint density at radius 1 is 1.50 bits per heavy atom. The largest absolute Gasteiger partial charge is 0.434 e. The highest BCUT2D eigenvalue weighted by Crippen LogP contribution is 2.27. The van der Waals surface area contributed by atoms with Gasteiger partial charge in [0.2, 0.25) is 0 Å². The van der Waals surface area contributed by atoms with E-state index in [1.54, 1.807) is 0 Å². The van der Waals surface area contributed by atoms with Crippen molar-refractivity contribution in [2.24, 2.45) is 0 Å². The Hall–Kier alpha value is -1.57. The Morgan fingerprint density at radius 2 is 2.11 bits per heavy atom. The molecule has 0 bridgehead atoms. The van der Waals surface area contributed by atoms with E-state index in [-0.39, 0.29) is 17.0 Å². The second kappa shape index (κ2) is 5.85. The number of ether oxygens (including phenoxy) is 1. The Balaban J connectivity index is 3.26. The van der Waals surface area contributed by atoms with E-state index in [1.165, 1.54) is 6.92 Å². The SMILES string of the molecule is CC(Br)C(=O)c1cc([N+](=O)[O-])ccc1OC(F)F. The lowest BCUT2D eigenvalue weighted by Gasteiger charge is -2.10. The molecule has 0 N–H and O–H groups in total. The van der Waals surface area contributed by atoms with Gasteiger partial charge in [-0.05, 0) is 13.0 Å². The molecule has 98 valence electrons. The fraction of sp³-hybridized carbons (Fsp3) is 0.300. The molecule has 18 heavy (non-hydrogen) atoms. The van der Waals surface area contributed by atoms with Crippen molar-refractivity contribution in [2.45, 2.75) is 18.4 Å². The number of carbonyl (C=O) groups is 1. The highest BCUT2D eigenvalue weighted by Gasteiger charge is 2.22. The minimum Gasteiger partial charge on any atom is -0.434 e. The summed E-state index contributed by atoms with van der Waals surface area (Å²) in [6.07, 6.45) is 0. The molecular formula is C10H8BrF2NO4. The molecule has 0 aliphatic carbocycles. The first-order valence-electron chi connectivity index (χ1n) is 4.74. The zero-order chi connectivity index (χ0) is 13.9. The molecule has 5 nitrogen and oxygen atoms in total. The summed E-state index contributed by atoms with van der Waals surface area (Å²) in [7, 11) is 0. The zero-order valence-corrected chi connectivity index (χ0v) is 10.7. The third kappa shape index (κ3) is 3.46. The van der Waals surface area contributed by atoms with Gasteiger partial charge in [-0.2, -0.15) is 8.78 Å². The Labute approximate surface area is 109 Å². The maximum atomic E-state index is 12.1. The molecule has 1 aromatic carbocycles. The third-order valence-electron chi connectivity index (χ3n) is 2.02. The van der Waals surface area contributed by atoms with Gasteiger partial charge in [0, 0.05) is 12.1 Å². The average Bonchev–Trinajstić information content (AvgIpc) is 2.27. The van der Waals surface area contributed by atoms with Gasteiger partial charge in [-0.25, -0.2) is 0 Å². The lowest BCUT2D eigenvalue weighted by Crippen LogP contribution is -2.14. The number of benzene rings is 1. The van der Waals surface area contributed by atoms with E-state index in [1.807, 2.05) is 0 Å². The number of non-ortho nitro benzene ring substituents is 1. The first kappa shape index (κ1) is 14.5. The maximum absolute atomic E-state index is 12.1. The van der Waals surface area contributed by atoms with Crippen molar-refractivity contribution in [3.8, 4) is 5.75 Å². The molecule has 0 aromatic heterocycles. The van der Waals surface area contributed by atoms with Crippen LogP contribution in [0.2, 0.25) is 0 Å². The normalized spacial score (nSPS) is 12.3. The third-order valence-corrected chi connectivity index (χ3v) is 2.43. The molecule has 0 saturated heterocycles. The van der Waals surface area contributed by atoms with Crippen molar-refractivity contribution in [3.05, 3.63) is 33.9 Å². The van der Waals surface area contributed by atoms with Crippen LogP contribution in [0.4, 0.5) is 14.5 Å². The molecular weight excluding hydrogens is 316 g/mol. The van der Waals surface area contributed by atoms with Crippen LogP contribution in [0.15, 0.2) is 18.2 Å². The molecule has 1 unspecified atom stereocenters. The summed E-state index contributed by atoms with van der Waals surface area (Å²) in [5.74, 6) is -0.957. The summed E-state index contributed by atoms with van der Waals surface area (Å²) in [5.41, 5.74) is -0.623. The number of alkyl halides is 3. The molecule has 1 aromatic rings. The lowest BCUT2D eigenvalue weighted by molar-refractivity contribution is -0.384. The number of halogens is 3. The van der Waals surface area contributed by atoms with E-state index in [0.29, 0.717) is 0 Å². The number of hydrogen-bond donors (Lipinski definition) is 0. The topological polar surface area (TPSA) is 69.4 Å². The number of carbonyl (C=O) groups excluding carboxylic acids is 1. The van der Waals surface area contributed by atoms with Crippen LogP contribution in [0, 0.1) is 10.1 Å². The minimum atomic E-state index is -3.11. The van der Waals surface area contributed by atoms with E-state index in [4.69, 9.17) is 0 Å². The standard InChI is InChI=1S/C10H8BrF2NO4/c1-5(11)9(15)7-4-6(14(16)17)2-3-8(7)18-10(12)13/h2-5,10H,1H3. The Morgan fingerprint density at radius 3 is 2.56 bits per heavy atom. The highest BCUT2D eigenvalue weighted by atomic mass is 79.9. The molecule has 0 spiro atoms. The Bertz CT molecular complexity index is 479. The number of nitro groups is 1. The van der Waals surface area contributed by atoms with Crippen LogP contribution in [0.25, 0.3) is 0 Å². The molecule has 0 aliphatic heterocycles. The molecule has 1 atom stereocenters. The van der Waals surface area contributed by atoms with Crippen LogP contribution in [0.1, 0.15) is 17.3 Å². The van der Waals surface area contributed by atoms with Gasteiger partial charge in [-0.1, -0.05) is 15.9 Å². The van der Waals surface area contributed by atoms with E-state index in [9.17, 15) is 23.7 Å². The van der Waals surface area contributed by atoms with Gasteiger partial charge in [-0.15, -0.1) is 0 Å². The summed E-state index contributed by atoms with van der Waals surface area (Å²) >= 11 is 2.98. The number of ketones is 1. The van der Waals surface area contributed by atoms with Crippen LogP contribution in [-0.2, 0) is 0 Å². The minimum absolute atomic E-state index is 0.256. The van der Waals surface area contributed by atoms with E-state index in [2.05, 4.69) is 20.7 Å². The van der Waals surface area contributed by atoms with Crippen LogP contribution < -0.4 is 4.74 Å². The van der Waals surface area contributed by atoms with Gasteiger partial charge in [0.25, 0.3) is 5.69 Å². The summed E-state index contributed by atoms with van der Waals surface area (Å²) in [5, 5.41) is 10.6. The van der Waals surface area contributed by atoms with Crippen LogP contribution in [0.3, 0.4) is 0 Å². The summed E-state index contributed by atoms with van der Waals surface area (Å²) in [6, 6.07) is 2.89. The van der Waals surface area contributed by atoms with Gasteiger partial charge in [0.1, 0.15) is 5.75 Å². The summed E-state index contributed by atoms with van der Waals surface area (Å²) in [6.45, 7) is -1.63. The highest BCUT2D eigenvalue weighted by molar-refractivity contribution is 9.10. The van der Waals surface area contributed by atoms with Crippen molar-refractivity contribution >= 4 is 27.4 Å². The summed E-state index contributed by atoms with van der Waals surface area (Å²) in [4.78, 5) is 20.9. The van der Waals surface area contributed by atoms with Crippen LogP contribution in [-0.4, -0.2) is 22.1 Å². The number of nitrogens with zero attached hydrogens (tertiary/aromatic N) is 1. The van der Waals surface area contributed by atoms with Gasteiger partial charge in [0.05, 0.1) is 15.3 Å². The molecule has 0 fully saturated rings. The number of nitro benzene ring substituents is 1. The van der Waals surface area contributed by atoms with Crippen LogP contribution in [0.5, 0.6) is 5.75 Å². The quantitative estimate of drug-likeness (QED) is 0.361. The molecule has 0 heterocycles. The van der Waals surface area contributed by atoms with Gasteiger partial charge in [-0.3, -0.25) is 14.9 Å². The molecule has 0 aliphatic rings. The fourth-order valence-corrected chi connectivity index (χ4v) is 1.48. The van der Waals surface area contributed by atoms with E-state index >= 15 is 0 Å². The number of Topliss-reactive ketones (excluding diaryl/α,β-unsaturated/α-hetero) is 1. The number of rotatable bonds is 5. The predicted molar refractivity (Wildman–Crippen MR) is 62.4 cm³/mol. The molecule has 0 amide bonds. The van der Waals surface area contributed by atoms with Gasteiger partial charge in [0.15, 0.2) is 5.78 Å². The van der Waals surface area contributed by atoms with Crippen LogP contribution >= 0.6 is 15.9 Å². The van der Waals surface area contributed by atoms with Crippen molar-refractivity contribution in [3.63, 3.8) is 0 Å². The molecule has 0 radical (unpaired) electrons. The second-order valence-corrected chi connectivity index (χ2v) is 4.67. The van der Waals surface area contributed by atoms with Gasteiger partial charge < -0.3 is 4.74 Å². The van der Waals surface area contributed by atoms with E-state index in [0.717, 1.165) is 18.2 Å². The first-order chi connectivity index (χ1) is 8.32. The monoisotopic (exact) mass is 323 g/mol. The Kier molecular flexibility index (Phi) is 4.71. The van der Waals surface area contributed by atoms with Gasteiger partial charge >= 0.3 is 6.61 Å². The van der Waals surface area contributed by atoms with Crippen molar-refractivity contribution in [1.29, 1.82) is 0 Å². The predicted octanol–water partition coefficient (Wildman–Crippen LogP) is 3.16. The zero-order valence-electron chi connectivity index (χ0n) is 9.10. The van der Waals surface area contributed by atoms with E-state index < -0.39 is 22.1 Å². The lowest BCUT2D eigenvalue weighted by atomic mass is 10.1. The fourth-order valence-electron chi connectivity index (χ4n) is 1.24. The molecule has 1 rings (SSSR count). The van der Waals surface area contributed by atoms with Crippen molar-refractivity contribution in [2.75, 3.05) is 0 Å². The smallest absolute Gasteiger partial charge is 0.387 e. The average molecular weight is 324 g/mol. The summed E-state index contributed by atoms with van der Waals surface area (Å²) < 4.78 is 28.4. The van der Waals surface area contributed by atoms with Crippen molar-refractivity contribution < 1.29 is 23.2 Å². The van der Waals surface area contributed by atoms with Crippen molar-refractivity contribution in [1.82, 2.24) is 0 Å². The molecule has 8 heteroatoms.